The predicted octanol–water partition coefficient (Wildman–Crippen LogP) is 5.17. The van der Waals surface area contributed by atoms with Crippen LogP contribution in [0.3, 0.4) is 0 Å². The summed E-state index contributed by atoms with van der Waals surface area (Å²) in [5.74, 6) is 0.198. The maximum atomic E-state index is 13.8. The van der Waals surface area contributed by atoms with Gasteiger partial charge in [-0.1, -0.05) is 30.4 Å². The summed E-state index contributed by atoms with van der Waals surface area (Å²) in [6, 6.07) is 17.4. The maximum Gasteiger partial charge on any atom is 0.218 e. The summed E-state index contributed by atoms with van der Waals surface area (Å²) in [5.41, 5.74) is 2.64. The van der Waals surface area contributed by atoms with Gasteiger partial charge >= 0.3 is 0 Å². The lowest BCUT2D eigenvalue weighted by Crippen LogP contribution is -2.06. The summed E-state index contributed by atoms with van der Waals surface area (Å²) in [4.78, 5) is 4.23. The fourth-order valence-corrected chi connectivity index (χ4v) is 2.94. The molecule has 0 aliphatic rings. The van der Waals surface area contributed by atoms with Crippen molar-refractivity contribution in [2.45, 2.75) is 6.61 Å². The van der Waals surface area contributed by atoms with Gasteiger partial charge in [-0.3, -0.25) is 0 Å². The van der Waals surface area contributed by atoms with Gasteiger partial charge in [0, 0.05) is 18.3 Å². The first-order valence-electron chi connectivity index (χ1n) is 9.38. The Morgan fingerprint density at radius 2 is 1.74 bits per heavy atom. The lowest BCUT2D eigenvalue weighted by molar-refractivity contribution is 0.284. The highest BCUT2D eigenvalue weighted by molar-refractivity contribution is 5.71. The quantitative estimate of drug-likeness (QED) is 0.409. The molecule has 0 atom stereocenters. The van der Waals surface area contributed by atoms with E-state index in [0.29, 0.717) is 22.8 Å². The van der Waals surface area contributed by atoms with E-state index < -0.39 is 0 Å². The standard InChI is InChI=1S/C24H16F2N4O/c25-21-6-2-17(3-7-21)1-4-19-14-22(26)8-5-20(19)16-31-24-10-12-29-30(24)23-13-18(15-27)9-11-28-23/h1-14H,16H2. The molecular weight excluding hydrogens is 398 g/mol. The smallest absolute Gasteiger partial charge is 0.218 e. The number of pyridine rings is 1. The van der Waals surface area contributed by atoms with Crippen LogP contribution in [0.25, 0.3) is 18.0 Å². The third kappa shape index (κ3) is 4.82. The molecular formula is C24H16F2N4O. The van der Waals surface area contributed by atoms with Crippen LogP contribution >= 0.6 is 0 Å². The molecule has 5 nitrogen and oxygen atoms in total. The fourth-order valence-electron chi connectivity index (χ4n) is 2.94. The van der Waals surface area contributed by atoms with Gasteiger partial charge in [-0.05, 0) is 47.0 Å². The topological polar surface area (TPSA) is 63.7 Å². The maximum absolute atomic E-state index is 13.8. The Labute approximate surface area is 177 Å². The first-order valence-corrected chi connectivity index (χ1v) is 9.38. The molecule has 4 rings (SSSR count). The van der Waals surface area contributed by atoms with Crippen molar-refractivity contribution in [3.05, 3.63) is 107 Å². The zero-order valence-corrected chi connectivity index (χ0v) is 16.2. The minimum absolute atomic E-state index is 0.160. The molecule has 0 saturated heterocycles. The highest BCUT2D eigenvalue weighted by Gasteiger charge is 2.10. The van der Waals surface area contributed by atoms with E-state index in [-0.39, 0.29) is 18.2 Å². The molecule has 0 radical (unpaired) electrons. The van der Waals surface area contributed by atoms with Gasteiger partial charge in [0.25, 0.3) is 0 Å². The van der Waals surface area contributed by atoms with E-state index >= 15 is 0 Å². The van der Waals surface area contributed by atoms with Crippen molar-refractivity contribution in [1.82, 2.24) is 14.8 Å². The van der Waals surface area contributed by atoms with Crippen LogP contribution in [0.1, 0.15) is 22.3 Å². The highest BCUT2D eigenvalue weighted by atomic mass is 19.1. The van der Waals surface area contributed by atoms with Gasteiger partial charge in [0.2, 0.25) is 5.88 Å². The average molecular weight is 414 g/mol. The number of nitrogens with zero attached hydrogens (tertiary/aromatic N) is 4. The number of rotatable bonds is 6. The number of benzene rings is 2. The van der Waals surface area contributed by atoms with E-state index in [0.717, 1.165) is 11.1 Å². The van der Waals surface area contributed by atoms with Crippen LogP contribution in [0, 0.1) is 23.0 Å². The van der Waals surface area contributed by atoms with Crippen LogP contribution in [-0.2, 0) is 6.61 Å². The van der Waals surface area contributed by atoms with Crippen LogP contribution in [-0.4, -0.2) is 14.8 Å². The summed E-state index contributed by atoms with van der Waals surface area (Å²) in [6.45, 7) is 0.160. The molecule has 0 fully saturated rings. The number of aromatic nitrogens is 3. The molecule has 0 amide bonds. The second-order valence-electron chi connectivity index (χ2n) is 6.61. The second-order valence-corrected chi connectivity index (χ2v) is 6.61. The van der Waals surface area contributed by atoms with E-state index in [1.54, 1.807) is 54.7 Å². The van der Waals surface area contributed by atoms with Gasteiger partial charge < -0.3 is 4.74 Å². The molecule has 0 aliphatic carbocycles. The van der Waals surface area contributed by atoms with E-state index in [4.69, 9.17) is 10.00 Å². The molecule has 0 unspecified atom stereocenters. The molecule has 0 bridgehead atoms. The summed E-state index contributed by atoms with van der Waals surface area (Å²) in [6.07, 6.45) is 6.62. The molecule has 0 saturated carbocycles. The Morgan fingerprint density at radius 3 is 2.55 bits per heavy atom. The average Bonchev–Trinajstić information content (AvgIpc) is 3.27. The molecule has 7 heteroatoms. The van der Waals surface area contributed by atoms with E-state index in [9.17, 15) is 8.78 Å². The van der Waals surface area contributed by atoms with E-state index in [1.807, 2.05) is 0 Å². The Hall–Kier alpha value is -4.31. The van der Waals surface area contributed by atoms with Crippen LogP contribution < -0.4 is 4.74 Å². The molecule has 2 aromatic heterocycles. The molecule has 0 aliphatic heterocycles. The summed E-state index contributed by atoms with van der Waals surface area (Å²) >= 11 is 0. The van der Waals surface area contributed by atoms with Crippen molar-refractivity contribution < 1.29 is 13.5 Å². The lowest BCUT2D eigenvalue weighted by atomic mass is 10.1. The largest absolute Gasteiger partial charge is 0.473 e. The molecule has 2 heterocycles. The second kappa shape index (κ2) is 9.01. The predicted molar refractivity (Wildman–Crippen MR) is 112 cm³/mol. The lowest BCUT2D eigenvalue weighted by Gasteiger charge is -2.11. The third-order valence-corrected chi connectivity index (χ3v) is 4.51. The SMILES string of the molecule is N#Cc1ccnc(-n2nccc2OCc2ccc(F)cc2C=Cc2ccc(F)cc2)c1. The zero-order chi connectivity index (χ0) is 21.6. The Kier molecular flexibility index (Phi) is 5.81. The number of hydrogen-bond donors (Lipinski definition) is 0. The zero-order valence-electron chi connectivity index (χ0n) is 16.2. The van der Waals surface area contributed by atoms with Gasteiger partial charge in [-0.15, -0.1) is 0 Å². The first kappa shape index (κ1) is 20.0. The van der Waals surface area contributed by atoms with Crippen molar-refractivity contribution >= 4 is 12.2 Å². The normalized spacial score (nSPS) is 10.9. The van der Waals surface area contributed by atoms with Crippen molar-refractivity contribution in [2.75, 3.05) is 0 Å². The highest BCUT2D eigenvalue weighted by Crippen LogP contribution is 2.21. The Balaban J connectivity index is 1.55. The van der Waals surface area contributed by atoms with Crippen molar-refractivity contribution in [3.63, 3.8) is 0 Å². The molecule has 152 valence electrons. The monoisotopic (exact) mass is 414 g/mol. The number of nitriles is 1. The van der Waals surface area contributed by atoms with Crippen LogP contribution in [0.5, 0.6) is 5.88 Å². The summed E-state index contributed by atoms with van der Waals surface area (Å²) < 4.78 is 34.3. The molecule has 4 aromatic rings. The minimum Gasteiger partial charge on any atom is -0.473 e. The van der Waals surface area contributed by atoms with Crippen LogP contribution in [0.2, 0.25) is 0 Å². The van der Waals surface area contributed by atoms with Crippen LogP contribution in [0.4, 0.5) is 8.78 Å². The molecule has 31 heavy (non-hydrogen) atoms. The number of halogens is 2. The minimum atomic E-state index is -0.370. The van der Waals surface area contributed by atoms with Gasteiger partial charge in [0.05, 0.1) is 17.8 Å². The van der Waals surface area contributed by atoms with E-state index in [2.05, 4.69) is 16.2 Å². The first-order chi connectivity index (χ1) is 15.1. The number of ether oxygens (including phenoxy) is 1. The molecule has 2 aromatic carbocycles. The van der Waals surface area contributed by atoms with E-state index in [1.165, 1.54) is 35.1 Å². The fraction of sp³-hybridized carbons (Fsp3) is 0.0417. The van der Waals surface area contributed by atoms with Gasteiger partial charge in [0.15, 0.2) is 5.82 Å². The number of hydrogen-bond acceptors (Lipinski definition) is 4. The Morgan fingerprint density at radius 1 is 0.935 bits per heavy atom. The Bertz CT molecular complexity index is 1270. The summed E-state index contributed by atoms with van der Waals surface area (Å²) in [5, 5.41) is 13.3. The molecule has 0 N–H and O–H groups in total. The van der Waals surface area contributed by atoms with Gasteiger partial charge in [-0.2, -0.15) is 15.0 Å². The van der Waals surface area contributed by atoms with Crippen LogP contribution in [0.15, 0.2) is 73.1 Å². The van der Waals surface area contributed by atoms with Crippen molar-refractivity contribution in [1.29, 1.82) is 5.26 Å². The van der Waals surface area contributed by atoms with Crippen molar-refractivity contribution in [3.8, 4) is 17.8 Å². The van der Waals surface area contributed by atoms with Crippen molar-refractivity contribution in [2.24, 2.45) is 0 Å². The molecule has 0 spiro atoms. The third-order valence-electron chi connectivity index (χ3n) is 4.51. The van der Waals surface area contributed by atoms with Gasteiger partial charge in [0.1, 0.15) is 18.2 Å². The van der Waals surface area contributed by atoms with Gasteiger partial charge in [-0.25, -0.2) is 13.8 Å². The summed E-state index contributed by atoms with van der Waals surface area (Å²) in [7, 11) is 0.